The number of halogens is 1. The van der Waals surface area contributed by atoms with Crippen molar-refractivity contribution in [2.45, 2.75) is 20.8 Å². The summed E-state index contributed by atoms with van der Waals surface area (Å²) < 4.78 is 29.8. The largest absolute Gasteiger partial charge is 0.339 e. The zero-order valence-corrected chi connectivity index (χ0v) is 16.0. The fraction of sp³-hybridized carbons (Fsp3) is 0.167. The molecule has 1 N–H and O–H groups in total. The number of amidine groups is 1. The van der Waals surface area contributed by atoms with E-state index in [2.05, 4.69) is 25.6 Å². The van der Waals surface area contributed by atoms with Gasteiger partial charge >= 0.3 is 0 Å². The van der Waals surface area contributed by atoms with Crippen LogP contribution in [0.1, 0.15) is 23.6 Å². The van der Waals surface area contributed by atoms with Gasteiger partial charge in [0, 0.05) is 15.7 Å². The molecule has 1 heterocycles. The van der Waals surface area contributed by atoms with Gasteiger partial charge < -0.3 is 5.32 Å². The van der Waals surface area contributed by atoms with Crippen LogP contribution in [0.25, 0.3) is 4.91 Å². The summed E-state index contributed by atoms with van der Waals surface area (Å²) in [5.74, 6) is 0.374. The molecule has 0 aromatic heterocycles. The molecule has 1 aliphatic heterocycles. The van der Waals surface area contributed by atoms with Gasteiger partial charge in [0.2, 0.25) is 0 Å². The molecule has 0 fully saturated rings. The van der Waals surface area contributed by atoms with Crippen LogP contribution in [0.4, 0.5) is 5.69 Å². The van der Waals surface area contributed by atoms with Crippen molar-refractivity contribution < 1.29 is 8.42 Å². The molecular formula is C18H17BrN2O2S. The van der Waals surface area contributed by atoms with E-state index in [-0.39, 0.29) is 4.91 Å². The van der Waals surface area contributed by atoms with Crippen molar-refractivity contribution in [2.24, 2.45) is 4.40 Å². The second-order valence-electron chi connectivity index (χ2n) is 5.75. The summed E-state index contributed by atoms with van der Waals surface area (Å²) in [7, 11) is -3.71. The highest BCUT2D eigenvalue weighted by molar-refractivity contribution is 9.10. The minimum atomic E-state index is -3.71. The molecule has 2 aromatic rings. The van der Waals surface area contributed by atoms with Crippen LogP contribution < -0.4 is 5.32 Å². The Labute approximate surface area is 150 Å². The van der Waals surface area contributed by atoms with Crippen molar-refractivity contribution >= 4 is 42.4 Å². The normalized spacial score (nSPS) is 16.2. The van der Waals surface area contributed by atoms with E-state index in [1.54, 1.807) is 19.1 Å². The first-order valence-corrected chi connectivity index (χ1v) is 9.68. The summed E-state index contributed by atoms with van der Waals surface area (Å²) in [6.07, 6.45) is 0. The second-order valence-corrected chi connectivity index (χ2v) is 8.21. The molecule has 0 radical (unpaired) electrons. The molecule has 0 saturated heterocycles. The van der Waals surface area contributed by atoms with E-state index in [0.29, 0.717) is 17.0 Å². The minimum absolute atomic E-state index is 0.247. The molecule has 0 aliphatic carbocycles. The summed E-state index contributed by atoms with van der Waals surface area (Å²) in [6.45, 7) is 5.79. The maximum Gasteiger partial charge on any atom is 0.285 e. The van der Waals surface area contributed by atoms with E-state index >= 15 is 0 Å². The van der Waals surface area contributed by atoms with Gasteiger partial charge in [-0.2, -0.15) is 8.42 Å². The lowest BCUT2D eigenvalue weighted by Crippen LogP contribution is -2.12. The molecule has 0 amide bonds. The van der Waals surface area contributed by atoms with Crippen molar-refractivity contribution in [3.63, 3.8) is 0 Å². The van der Waals surface area contributed by atoms with Gasteiger partial charge in [-0.15, -0.1) is 4.40 Å². The Bertz CT molecular complexity index is 992. The predicted octanol–water partition coefficient (Wildman–Crippen LogP) is 4.65. The summed E-state index contributed by atoms with van der Waals surface area (Å²) in [6, 6.07) is 13.1. The highest BCUT2D eigenvalue weighted by Crippen LogP contribution is 2.34. The maximum absolute atomic E-state index is 12.5. The van der Waals surface area contributed by atoms with Crippen molar-refractivity contribution in [3.8, 4) is 0 Å². The first-order chi connectivity index (χ1) is 11.3. The lowest BCUT2D eigenvalue weighted by molar-refractivity contribution is 0.608. The van der Waals surface area contributed by atoms with E-state index in [0.717, 1.165) is 21.3 Å². The van der Waals surface area contributed by atoms with Gasteiger partial charge in [-0.05, 0) is 55.7 Å². The first kappa shape index (κ1) is 16.9. The molecule has 1 aliphatic rings. The van der Waals surface area contributed by atoms with Crippen LogP contribution in [0, 0.1) is 13.8 Å². The highest BCUT2D eigenvalue weighted by Gasteiger charge is 2.31. The highest BCUT2D eigenvalue weighted by atomic mass is 79.9. The van der Waals surface area contributed by atoms with Gasteiger partial charge in [-0.3, -0.25) is 0 Å². The number of nitrogens with one attached hydrogen (secondary N) is 1. The number of aryl methyl sites for hydroxylation is 1. The standard InChI is InChI=1S/C18H17BrN2O2S/c1-11-6-4-9-16(12(11)2)20-18-13(3)17(24(22,23)21-18)14-7-5-8-15(19)10-14/h4-10H,1-3H3,(H,20,21). The Morgan fingerprint density at radius 3 is 2.46 bits per heavy atom. The maximum atomic E-state index is 12.5. The van der Waals surface area contributed by atoms with Crippen molar-refractivity contribution in [1.29, 1.82) is 0 Å². The minimum Gasteiger partial charge on any atom is -0.339 e. The zero-order valence-electron chi connectivity index (χ0n) is 13.6. The Balaban J connectivity index is 2.06. The van der Waals surface area contributed by atoms with Crippen LogP contribution in [-0.2, 0) is 10.0 Å². The van der Waals surface area contributed by atoms with Crippen molar-refractivity contribution in [3.05, 3.63) is 69.2 Å². The Kier molecular flexibility index (Phi) is 4.36. The van der Waals surface area contributed by atoms with E-state index < -0.39 is 10.0 Å². The molecule has 6 heteroatoms. The smallest absolute Gasteiger partial charge is 0.285 e. The van der Waals surface area contributed by atoms with E-state index in [1.165, 1.54) is 0 Å². The number of sulfonamides is 1. The SMILES string of the molecule is CC1=C(c2cccc(Br)c2)S(=O)(=O)N=C1Nc1cccc(C)c1C. The molecule has 4 nitrogen and oxygen atoms in total. The number of nitrogens with zero attached hydrogens (tertiary/aromatic N) is 1. The summed E-state index contributed by atoms with van der Waals surface area (Å²) >= 11 is 3.38. The Hall–Kier alpha value is -1.92. The molecule has 0 bridgehead atoms. The molecule has 24 heavy (non-hydrogen) atoms. The third-order valence-corrected chi connectivity index (χ3v) is 6.08. The summed E-state index contributed by atoms with van der Waals surface area (Å²) in [5, 5.41) is 3.17. The third kappa shape index (κ3) is 3.03. The molecule has 0 saturated carbocycles. The van der Waals surface area contributed by atoms with Crippen LogP contribution in [-0.4, -0.2) is 14.3 Å². The van der Waals surface area contributed by atoms with E-state index in [9.17, 15) is 8.42 Å². The van der Waals surface area contributed by atoms with Gasteiger partial charge in [0.15, 0.2) is 0 Å². The summed E-state index contributed by atoms with van der Waals surface area (Å²) in [5.41, 5.74) is 4.31. The number of anilines is 1. The molecule has 2 aromatic carbocycles. The predicted molar refractivity (Wildman–Crippen MR) is 103 cm³/mol. The molecule has 124 valence electrons. The number of hydrogen-bond donors (Lipinski definition) is 1. The average molecular weight is 405 g/mol. The fourth-order valence-electron chi connectivity index (χ4n) is 2.66. The number of benzene rings is 2. The average Bonchev–Trinajstić information content (AvgIpc) is 2.73. The number of rotatable bonds is 2. The molecule has 3 rings (SSSR count). The fourth-order valence-corrected chi connectivity index (χ4v) is 4.48. The van der Waals surface area contributed by atoms with Crippen LogP contribution in [0.15, 0.2) is 56.9 Å². The zero-order chi connectivity index (χ0) is 17.5. The van der Waals surface area contributed by atoms with Crippen molar-refractivity contribution in [2.75, 3.05) is 5.32 Å². The first-order valence-electron chi connectivity index (χ1n) is 7.45. The van der Waals surface area contributed by atoms with E-state index in [4.69, 9.17) is 0 Å². The lowest BCUT2D eigenvalue weighted by atomic mass is 10.1. The summed E-state index contributed by atoms with van der Waals surface area (Å²) in [4.78, 5) is 0.247. The molecule has 0 atom stereocenters. The van der Waals surface area contributed by atoms with Crippen LogP contribution in [0.5, 0.6) is 0 Å². The Morgan fingerprint density at radius 2 is 1.75 bits per heavy atom. The van der Waals surface area contributed by atoms with Crippen LogP contribution >= 0.6 is 15.9 Å². The van der Waals surface area contributed by atoms with Gasteiger partial charge in [0.05, 0.1) is 0 Å². The van der Waals surface area contributed by atoms with Gasteiger partial charge in [0.25, 0.3) is 10.0 Å². The number of hydrogen-bond acceptors (Lipinski definition) is 3. The lowest BCUT2D eigenvalue weighted by Gasteiger charge is -2.11. The van der Waals surface area contributed by atoms with Crippen LogP contribution in [0.3, 0.4) is 0 Å². The third-order valence-electron chi connectivity index (χ3n) is 4.11. The quantitative estimate of drug-likeness (QED) is 0.791. The Morgan fingerprint density at radius 1 is 1.04 bits per heavy atom. The second kappa shape index (κ2) is 6.18. The van der Waals surface area contributed by atoms with E-state index in [1.807, 2.05) is 44.2 Å². The topological polar surface area (TPSA) is 58.5 Å². The molecule has 0 spiro atoms. The van der Waals surface area contributed by atoms with Crippen molar-refractivity contribution in [1.82, 2.24) is 0 Å². The van der Waals surface area contributed by atoms with Gasteiger partial charge in [-0.1, -0.05) is 40.2 Å². The molecular weight excluding hydrogens is 388 g/mol. The van der Waals surface area contributed by atoms with Gasteiger partial charge in [0.1, 0.15) is 10.7 Å². The molecule has 0 unspecified atom stereocenters. The monoisotopic (exact) mass is 404 g/mol. The van der Waals surface area contributed by atoms with Crippen LogP contribution in [0.2, 0.25) is 0 Å². The van der Waals surface area contributed by atoms with Gasteiger partial charge in [-0.25, -0.2) is 0 Å².